The van der Waals surface area contributed by atoms with Gasteiger partial charge in [0.25, 0.3) is 10.1 Å². The molecule has 8 heteroatoms. The maximum absolute atomic E-state index is 11.9. The Labute approximate surface area is 149 Å². The fraction of sp³-hybridized carbons (Fsp3) is 0.824. The van der Waals surface area contributed by atoms with Crippen molar-refractivity contribution in [1.82, 2.24) is 0 Å². The molecule has 2 aliphatic rings. The minimum absolute atomic E-state index is 0.114. The zero-order valence-corrected chi connectivity index (χ0v) is 16.0. The van der Waals surface area contributed by atoms with Crippen LogP contribution in [0.1, 0.15) is 33.1 Å². The van der Waals surface area contributed by atoms with Gasteiger partial charge in [-0.2, -0.15) is 8.42 Å². The molecule has 7 atom stereocenters. The highest BCUT2D eigenvalue weighted by Crippen LogP contribution is 2.55. The van der Waals surface area contributed by atoms with Gasteiger partial charge < -0.3 is 14.9 Å². The molecule has 0 bridgehead atoms. The number of hydrogen-bond donors (Lipinski definition) is 2. The van der Waals surface area contributed by atoms with E-state index in [1.54, 1.807) is 6.92 Å². The number of carbonyl (C=O) groups is 1. The molecular weight excluding hydrogens is 348 g/mol. The Balaban J connectivity index is 2.36. The van der Waals surface area contributed by atoms with Crippen molar-refractivity contribution >= 4 is 16.1 Å². The predicted molar refractivity (Wildman–Crippen MR) is 91.0 cm³/mol. The molecule has 0 spiro atoms. The summed E-state index contributed by atoms with van der Waals surface area (Å²) in [5.41, 5.74) is -0.226. The monoisotopic (exact) mass is 376 g/mol. The molecule has 2 saturated carbocycles. The lowest BCUT2D eigenvalue weighted by Gasteiger charge is -2.56. The van der Waals surface area contributed by atoms with Crippen LogP contribution in [0.2, 0.25) is 0 Å². The predicted octanol–water partition coefficient (Wildman–Crippen LogP) is 0.854. The molecule has 0 aromatic heterocycles. The summed E-state index contributed by atoms with van der Waals surface area (Å²) >= 11 is 0. The van der Waals surface area contributed by atoms with Crippen molar-refractivity contribution in [2.24, 2.45) is 23.2 Å². The second-order valence-electron chi connectivity index (χ2n) is 7.60. The Hall–Kier alpha value is -0.960. The van der Waals surface area contributed by atoms with Crippen molar-refractivity contribution in [3.8, 4) is 0 Å². The number of rotatable bonds is 4. The van der Waals surface area contributed by atoms with E-state index >= 15 is 0 Å². The molecule has 0 aromatic carbocycles. The van der Waals surface area contributed by atoms with Crippen LogP contribution in [0.5, 0.6) is 0 Å². The first kappa shape index (κ1) is 20.4. The van der Waals surface area contributed by atoms with Crippen molar-refractivity contribution in [2.45, 2.75) is 51.4 Å². The highest BCUT2D eigenvalue weighted by Gasteiger charge is 2.57. The Bertz CT molecular complexity index is 643. The molecule has 0 amide bonds. The number of esters is 1. The van der Waals surface area contributed by atoms with Gasteiger partial charge in [-0.25, -0.2) is 0 Å². The molecule has 0 heterocycles. The van der Waals surface area contributed by atoms with Gasteiger partial charge in [-0.15, -0.1) is 0 Å². The van der Waals surface area contributed by atoms with E-state index in [4.69, 9.17) is 8.92 Å². The molecule has 2 rings (SSSR count). The van der Waals surface area contributed by atoms with Crippen LogP contribution >= 0.6 is 0 Å². The van der Waals surface area contributed by atoms with E-state index in [2.05, 4.69) is 6.58 Å². The van der Waals surface area contributed by atoms with E-state index in [1.165, 1.54) is 7.11 Å². The van der Waals surface area contributed by atoms with Crippen LogP contribution in [0.3, 0.4) is 0 Å². The third-order valence-corrected chi connectivity index (χ3v) is 6.60. The fourth-order valence-electron chi connectivity index (χ4n) is 4.54. The van der Waals surface area contributed by atoms with Crippen LogP contribution in [0, 0.1) is 23.2 Å². The Morgan fingerprint density at radius 1 is 1.40 bits per heavy atom. The van der Waals surface area contributed by atoms with Gasteiger partial charge in [-0.3, -0.25) is 8.98 Å². The first-order chi connectivity index (χ1) is 11.4. The SMILES string of the molecule is C=C1[C@H](O)C[C@@H](OS(C)(=O)=O)[C@]2(C)CC[C@@H]([C@H](C)C(=O)OC)[C@H](O)[C@@H]12. The van der Waals surface area contributed by atoms with E-state index in [0.29, 0.717) is 18.4 Å². The minimum atomic E-state index is -3.71. The molecule has 0 saturated heterocycles. The normalized spacial score (nSPS) is 40.2. The van der Waals surface area contributed by atoms with E-state index in [9.17, 15) is 23.4 Å². The summed E-state index contributed by atoms with van der Waals surface area (Å²) in [4.78, 5) is 11.9. The Morgan fingerprint density at radius 2 is 2.00 bits per heavy atom. The van der Waals surface area contributed by atoms with Gasteiger partial charge in [0, 0.05) is 17.8 Å². The lowest BCUT2D eigenvalue weighted by molar-refractivity contribution is -0.158. The molecular formula is C17H28O7S. The summed E-state index contributed by atoms with van der Waals surface area (Å²) < 4.78 is 33.3. The molecule has 2 aliphatic carbocycles. The summed E-state index contributed by atoms with van der Waals surface area (Å²) in [6, 6.07) is 0. The van der Waals surface area contributed by atoms with E-state index < -0.39 is 51.7 Å². The van der Waals surface area contributed by atoms with E-state index in [1.807, 2.05) is 6.92 Å². The maximum atomic E-state index is 11.9. The molecule has 2 N–H and O–H groups in total. The molecule has 7 nitrogen and oxygen atoms in total. The van der Waals surface area contributed by atoms with Gasteiger partial charge in [0.05, 0.1) is 37.6 Å². The number of aliphatic hydroxyl groups is 2. The molecule has 0 radical (unpaired) electrons. The van der Waals surface area contributed by atoms with Crippen molar-refractivity contribution in [2.75, 3.05) is 13.4 Å². The van der Waals surface area contributed by atoms with E-state index in [0.717, 1.165) is 6.26 Å². The number of fused-ring (bicyclic) bond motifs is 1. The molecule has 144 valence electrons. The first-order valence-electron chi connectivity index (χ1n) is 8.43. The first-order valence-corrected chi connectivity index (χ1v) is 10.2. The molecule has 0 aromatic rings. The Morgan fingerprint density at radius 3 is 2.52 bits per heavy atom. The zero-order valence-electron chi connectivity index (χ0n) is 15.1. The summed E-state index contributed by atoms with van der Waals surface area (Å²) in [5.74, 6) is -1.83. The van der Waals surface area contributed by atoms with Crippen LogP contribution in [-0.4, -0.2) is 56.3 Å². The lowest BCUT2D eigenvalue weighted by Crippen LogP contribution is -2.59. The summed E-state index contributed by atoms with van der Waals surface area (Å²) in [5, 5.41) is 21.3. The number of hydrogen-bond acceptors (Lipinski definition) is 7. The van der Waals surface area contributed by atoms with Crippen LogP contribution in [-0.2, 0) is 23.8 Å². The zero-order chi connectivity index (χ0) is 19.2. The summed E-state index contributed by atoms with van der Waals surface area (Å²) in [6.45, 7) is 7.49. The van der Waals surface area contributed by atoms with Crippen molar-refractivity contribution in [3.63, 3.8) is 0 Å². The van der Waals surface area contributed by atoms with Gasteiger partial charge in [0.1, 0.15) is 0 Å². The third kappa shape index (κ3) is 3.77. The topological polar surface area (TPSA) is 110 Å². The standard InChI is InChI=1S/C17H28O7S/c1-9(16(20)23-4)11-6-7-17(3)13(24-25(5,21)22)8-12(18)10(2)14(17)15(11)19/h9,11-15,18-19H,2,6-8H2,1,3-5H3/t9-,11-,12+,13+,14+,15-,17-/m0/s1. The number of carbonyl (C=O) groups excluding carboxylic acids is 1. The van der Waals surface area contributed by atoms with Crippen LogP contribution < -0.4 is 0 Å². The Kier molecular flexibility index (Phi) is 5.68. The number of aliphatic hydroxyl groups excluding tert-OH is 2. The average Bonchev–Trinajstić information content (AvgIpc) is 2.50. The van der Waals surface area contributed by atoms with E-state index in [-0.39, 0.29) is 12.3 Å². The van der Waals surface area contributed by atoms with Crippen molar-refractivity contribution in [1.29, 1.82) is 0 Å². The van der Waals surface area contributed by atoms with Gasteiger partial charge in [0.15, 0.2) is 0 Å². The number of ether oxygens (including phenoxy) is 1. The molecule has 0 unspecified atom stereocenters. The average molecular weight is 376 g/mol. The van der Waals surface area contributed by atoms with Gasteiger partial charge in [0.2, 0.25) is 0 Å². The summed E-state index contributed by atoms with van der Waals surface area (Å²) in [7, 11) is -2.41. The van der Waals surface area contributed by atoms with Crippen molar-refractivity contribution < 1.29 is 32.3 Å². The lowest BCUT2D eigenvalue weighted by atomic mass is 9.52. The van der Waals surface area contributed by atoms with Gasteiger partial charge >= 0.3 is 5.97 Å². The second kappa shape index (κ2) is 6.98. The quantitative estimate of drug-likeness (QED) is 0.425. The summed E-state index contributed by atoms with van der Waals surface area (Å²) in [6.07, 6.45) is -0.500. The highest BCUT2D eigenvalue weighted by molar-refractivity contribution is 7.86. The maximum Gasteiger partial charge on any atom is 0.308 e. The molecule has 2 fully saturated rings. The largest absolute Gasteiger partial charge is 0.469 e. The van der Waals surface area contributed by atoms with Gasteiger partial charge in [-0.1, -0.05) is 20.4 Å². The third-order valence-electron chi connectivity index (χ3n) is 6.01. The fourth-order valence-corrected chi connectivity index (χ4v) is 5.26. The van der Waals surface area contributed by atoms with Crippen LogP contribution in [0.15, 0.2) is 12.2 Å². The number of methoxy groups -OCH3 is 1. The minimum Gasteiger partial charge on any atom is -0.469 e. The highest BCUT2D eigenvalue weighted by atomic mass is 32.2. The smallest absolute Gasteiger partial charge is 0.308 e. The van der Waals surface area contributed by atoms with Gasteiger partial charge in [-0.05, 0) is 24.3 Å². The second-order valence-corrected chi connectivity index (χ2v) is 9.20. The molecule has 0 aliphatic heterocycles. The van der Waals surface area contributed by atoms with Crippen LogP contribution in [0.4, 0.5) is 0 Å². The van der Waals surface area contributed by atoms with Crippen LogP contribution in [0.25, 0.3) is 0 Å². The molecule has 25 heavy (non-hydrogen) atoms. The van der Waals surface area contributed by atoms with Crippen molar-refractivity contribution in [3.05, 3.63) is 12.2 Å².